The fraction of sp³-hybridized carbons (Fsp3) is 0.280. The molecule has 34 heavy (non-hydrogen) atoms. The molecule has 1 amide bonds. The van der Waals surface area contributed by atoms with Gasteiger partial charge in [0, 0.05) is 26.5 Å². The summed E-state index contributed by atoms with van der Waals surface area (Å²) in [5, 5.41) is 3.24. The first-order chi connectivity index (χ1) is 16.4. The fourth-order valence-corrected chi connectivity index (χ4v) is 4.83. The summed E-state index contributed by atoms with van der Waals surface area (Å²) in [7, 11) is 1.65. The highest BCUT2D eigenvalue weighted by molar-refractivity contribution is 8.26. The lowest BCUT2D eigenvalue weighted by Gasteiger charge is -2.14. The van der Waals surface area contributed by atoms with E-state index in [9.17, 15) is 9.59 Å². The molecular formula is C25H26N4O3S2. The molecule has 9 heteroatoms. The first-order valence-corrected chi connectivity index (χ1v) is 12.2. The summed E-state index contributed by atoms with van der Waals surface area (Å²) >= 11 is 6.70. The highest BCUT2D eigenvalue weighted by Crippen LogP contribution is 2.34. The standard InChI is InChI=1S/C25H26N4O3S2/c1-16-5-8-18(9-6-16)15-29-24(31)20(34-25(29)33)13-19-22(26-11-4-12-32-3)27-21-10-7-17(2)14-28(21)23(19)30/h5-10,13-14,26H,4,11-12,15H2,1-3H3/b20-13+. The van der Waals surface area contributed by atoms with Crippen LogP contribution in [0.3, 0.4) is 0 Å². The molecule has 7 nitrogen and oxygen atoms in total. The van der Waals surface area contributed by atoms with Crippen molar-refractivity contribution in [2.45, 2.75) is 26.8 Å². The van der Waals surface area contributed by atoms with E-state index in [0.29, 0.717) is 46.0 Å². The van der Waals surface area contributed by atoms with Crippen LogP contribution in [0.5, 0.6) is 0 Å². The predicted octanol–water partition coefficient (Wildman–Crippen LogP) is 4.16. The Kier molecular flexibility index (Phi) is 7.45. The third-order valence-corrected chi connectivity index (χ3v) is 6.81. The lowest BCUT2D eigenvalue weighted by atomic mass is 10.1. The number of carbonyl (C=O) groups excluding carboxylic acids is 1. The second kappa shape index (κ2) is 10.5. The van der Waals surface area contributed by atoms with Crippen LogP contribution in [-0.2, 0) is 16.1 Å². The lowest BCUT2D eigenvalue weighted by Crippen LogP contribution is -2.27. The summed E-state index contributed by atoms with van der Waals surface area (Å²) in [6.07, 6.45) is 4.11. The van der Waals surface area contributed by atoms with E-state index >= 15 is 0 Å². The van der Waals surface area contributed by atoms with Gasteiger partial charge in [-0.25, -0.2) is 4.98 Å². The Morgan fingerprint density at radius 2 is 1.85 bits per heavy atom. The molecule has 1 aliphatic rings. The number of ether oxygens (including phenoxy) is 1. The second-order valence-electron chi connectivity index (χ2n) is 8.14. The van der Waals surface area contributed by atoms with Gasteiger partial charge in [-0.15, -0.1) is 0 Å². The quantitative estimate of drug-likeness (QED) is 0.286. The van der Waals surface area contributed by atoms with Gasteiger partial charge in [-0.05, 0) is 43.5 Å². The van der Waals surface area contributed by atoms with Crippen LogP contribution in [0.2, 0.25) is 0 Å². The average Bonchev–Trinajstić information content (AvgIpc) is 3.08. The van der Waals surface area contributed by atoms with Crippen molar-refractivity contribution in [3.63, 3.8) is 0 Å². The molecule has 1 aromatic carbocycles. The minimum atomic E-state index is -0.244. The van der Waals surface area contributed by atoms with E-state index in [0.717, 1.165) is 23.1 Å². The number of benzene rings is 1. The molecule has 3 aromatic rings. The SMILES string of the molecule is COCCCNc1nc2ccc(C)cn2c(=O)c1/C=C1/SC(=S)N(Cc2ccc(C)cc2)C1=O. The number of thioether (sulfide) groups is 1. The van der Waals surface area contributed by atoms with E-state index in [2.05, 4.69) is 10.3 Å². The number of nitrogens with zero attached hydrogens (tertiary/aromatic N) is 3. The largest absolute Gasteiger partial charge is 0.385 e. The molecule has 0 atom stereocenters. The van der Waals surface area contributed by atoms with Gasteiger partial charge in [0.05, 0.1) is 17.0 Å². The number of hydrogen-bond acceptors (Lipinski definition) is 7. The predicted molar refractivity (Wildman–Crippen MR) is 141 cm³/mol. The van der Waals surface area contributed by atoms with Crippen molar-refractivity contribution < 1.29 is 9.53 Å². The summed E-state index contributed by atoms with van der Waals surface area (Å²) in [6, 6.07) is 11.7. The summed E-state index contributed by atoms with van der Waals surface area (Å²) in [4.78, 5) is 33.3. The molecule has 1 fully saturated rings. The number of amides is 1. The van der Waals surface area contributed by atoms with Crippen LogP contribution in [0.4, 0.5) is 5.82 Å². The Hall–Kier alpha value is -3.01. The van der Waals surface area contributed by atoms with Crippen molar-refractivity contribution >= 4 is 51.7 Å². The number of anilines is 1. The van der Waals surface area contributed by atoms with Crippen molar-refractivity contribution in [1.82, 2.24) is 14.3 Å². The molecule has 1 saturated heterocycles. The lowest BCUT2D eigenvalue weighted by molar-refractivity contribution is -0.122. The topological polar surface area (TPSA) is 75.9 Å². The van der Waals surface area contributed by atoms with Crippen LogP contribution in [0, 0.1) is 13.8 Å². The first kappa shape index (κ1) is 24.1. The number of methoxy groups -OCH3 is 1. The van der Waals surface area contributed by atoms with Crippen molar-refractivity contribution in [3.05, 3.63) is 80.1 Å². The summed E-state index contributed by atoms with van der Waals surface area (Å²) in [6.45, 7) is 5.49. The molecule has 0 aliphatic carbocycles. The molecule has 0 unspecified atom stereocenters. The molecule has 1 N–H and O–H groups in total. The van der Waals surface area contributed by atoms with Crippen molar-refractivity contribution in [2.24, 2.45) is 0 Å². The Labute approximate surface area is 207 Å². The van der Waals surface area contributed by atoms with Gasteiger partial charge in [0.25, 0.3) is 11.5 Å². The molecular weight excluding hydrogens is 468 g/mol. The number of fused-ring (bicyclic) bond motifs is 1. The first-order valence-electron chi connectivity index (χ1n) is 10.9. The smallest absolute Gasteiger partial charge is 0.267 e. The van der Waals surface area contributed by atoms with Gasteiger partial charge in [-0.3, -0.25) is 18.9 Å². The normalized spacial score (nSPS) is 15.0. The van der Waals surface area contributed by atoms with Gasteiger partial charge in [0.1, 0.15) is 15.8 Å². The van der Waals surface area contributed by atoms with Crippen LogP contribution in [-0.4, -0.2) is 44.8 Å². The van der Waals surface area contributed by atoms with Crippen LogP contribution in [0.25, 0.3) is 11.7 Å². The number of rotatable bonds is 8. The second-order valence-corrected chi connectivity index (χ2v) is 9.82. The number of nitrogens with one attached hydrogen (secondary N) is 1. The molecule has 176 valence electrons. The molecule has 4 rings (SSSR count). The molecule has 1 aliphatic heterocycles. The van der Waals surface area contributed by atoms with E-state index in [1.807, 2.05) is 50.2 Å². The minimum Gasteiger partial charge on any atom is -0.385 e. The highest BCUT2D eigenvalue weighted by atomic mass is 32.2. The maximum Gasteiger partial charge on any atom is 0.267 e. The number of pyridine rings is 1. The van der Waals surface area contributed by atoms with Crippen LogP contribution in [0.15, 0.2) is 52.3 Å². The van der Waals surface area contributed by atoms with Gasteiger partial charge in [-0.1, -0.05) is 59.9 Å². The van der Waals surface area contributed by atoms with E-state index in [1.54, 1.807) is 24.3 Å². The Balaban J connectivity index is 1.69. The van der Waals surface area contributed by atoms with E-state index in [4.69, 9.17) is 17.0 Å². The van der Waals surface area contributed by atoms with E-state index in [-0.39, 0.29) is 11.5 Å². The van der Waals surface area contributed by atoms with Gasteiger partial charge < -0.3 is 10.1 Å². The van der Waals surface area contributed by atoms with E-state index in [1.165, 1.54) is 16.2 Å². The van der Waals surface area contributed by atoms with Crippen LogP contribution >= 0.6 is 24.0 Å². The maximum absolute atomic E-state index is 13.4. The minimum absolute atomic E-state index is 0.213. The number of carbonyl (C=O) groups is 1. The average molecular weight is 495 g/mol. The van der Waals surface area contributed by atoms with Crippen molar-refractivity contribution in [2.75, 3.05) is 25.6 Å². The maximum atomic E-state index is 13.4. The summed E-state index contributed by atoms with van der Waals surface area (Å²) in [5.74, 6) is 0.225. The van der Waals surface area contributed by atoms with Gasteiger partial charge >= 0.3 is 0 Å². The summed E-state index contributed by atoms with van der Waals surface area (Å²) < 4.78 is 7.09. The monoisotopic (exact) mass is 494 g/mol. The van der Waals surface area contributed by atoms with Crippen LogP contribution < -0.4 is 10.9 Å². The van der Waals surface area contributed by atoms with Crippen molar-refractivity contribution in [3.8, 4) is 0 Å². The molecule has 0 radical (unpaired) electrons. The third-order valence-electron chi connectivity index (χ3n) is 5.43. The third kappa shape index (κ3) is 5.22. The number of aromatic nitrogens is 2. The molecule has 0 bridgehead atoms. The van der Waals surface area contributed by atoms with Crippen LogP contribution in [0.1, 0.15) is 28.7 Å². The molecule has 3 heterocycles. The molecule has 0 spiro atoms. The van der Waals surface area contributed by atoms with Crippen molar-refractivity contribution in [1.29, 1.82) is 0 Å². The molecule has 0 saturated carbocycles. The highest BCUT2D eigenvalue weighted by Gasteiger charge is 2.32. The fourth-order valence-electron chi connectivity index (χ4n) is 3.59. The zero-order chi connectivity index (χ0) is 24.2. The van der Waals surface area contributed by atoms with E-state index < -0.39 is 0 Å². The van der Waals surface area contributed by atoms with Gasteiger partial charge in [0.15, 0.2) is 0 Å². The van der Waals surface area contributed by atoms with Gasteiger partial charge in [0.2, 0.25) is 0 Å². The number of aryl methyl sites for hydroxylation is 2. The Morgan fingerprint density at radius 3 is 2.59 bits per heavy atom. The van der Waals surface area contributed by atoms with Gasteiger partial charge in [-0.2, -0.15) is 0 Å². The Morgan fingerprint density at radius 1 is 1.12 bits per heavy atom. The molecule has 2 aromatic heterocycles. The Bertz CT molecular complexity index is 1330. The number of thiocarbonyl (C=S) groups is 1. The number of hydrogen-bond donors (Lipinski definition) is 1. The zero-order valence-corrected chi connectivity index (χ0v) is 21.0. The zero-order valence-electron chi connectivity index (χ0n) is 19.3. The summed E-state index contributed by atoms with van der Waals surface area (Å²) in [5.41, 5.74) is 3.70.